The van der Waals surface area contributed by atoms with Gasteiger partial charge in [0.2, 0.25) is 5.91 Å². The lowest BCUT2D eigenvalue weighted by molar-refractivity contribution is -0.118. The summed E-state index contributed by atoms with van der Waals surface area (Å²) in [6, 6.07) is 3.36. The van der Waals surface area contributed by atoms with Crippen LogP contribution >= 0.6 is 24.8 Å². The molecule has 1 amide bonds. The molecule has 1 aromatic heterocycles. The fraction of sp³-hybridized carbons (Fsp3) is 0.600. The minimum Gasteiger partial charge on any atom is -0.357 e. The second-order valence-corrected chi connectivity index (χ2v) is 5.71. The number of nitrogens with zero attached hydrogens (tertiary/aromatic N) is 2. The van der Waals surface area contributed by atoms with E-state index in [4.69, 9.17) is 5.73 Å². The molecule has 1 saturated heterocycles. The van der Waals surface area contributed by atoms with Crippen LogP contribution in [0.1, 0.15) is 33.1 Å². The molecule has 7 heteroatoms. The van der Waals surface area contributed by atoms with Crippen LogP contribution in [0.15, 0.2) is 18.3 Å². The fourth-order valence-corrected chi connectivity index (χ4v) is 2.30. The predicted octanol–water partition coefficient (Wildman–Crippen LogP) is 2.84. The summed E-state index contributed by atoms with van der Waals surface area (Å²) in [6.07, 6.45) is 5.46. The summed E-state index contributed by atoms with van der Waals surface area (Å²) < 4.78 is 0. The topological polar surface area (TPSA) is 71.2 Å². The highest BCUT2D eigenvalue weighted by Crippen LogP contribution is 2.19. The van der Waals surface area contributed by atoms with Crippen molar-refractivity contribution in [3.05, 3.63) is 18.3 Å². The number of pyridine rings is 1. The Labute approximate surface area is 144 Å². The maximum absolute atomic E-state index is 11.9. The third-order valence-electron chi connectivity index (χ3n) is 3.72. The summed E-state index contributed by atoms with van der Waals surface area (Å²) in [4.78, 5) is 18.6. The summed E-state index contributed by atoms with van der Waals surface area (Å²) >= 11 is 0. The molecule has 0 aromatic carbocycles. The molecule has 2 rings (SSSR count). The van der Waals surface area contributed by atoms with Gasteiger partial charge in [0.15, 0.2) is 0 Å². The molecule has 0 saturated carbocycles. The number of halogens is 2. The molecule has 0 unspecified atom stereocenters. The third-order valence-corrected chi connectivity index (χ3v) is 3.72. The number of amides is 1. The van der Waals surface area contributed by atoms with Crippen molar-refractivity contribution in [1.29, 1.82) is 0 Å². The highest BCUT2D eigenvalue weighted by atomic mass is 35.5. The minimum absolute atomic E-state index is 0. The number of hydrogen-bond donors (Lipinski definition) is 2. The molecular formula is C15H26Cl2N4O. The molecule has 1 atom stereocenters. The van der Waals surface area contributed by atoms with Crippen molar-refractivity contribution in [3.63, 3.8) is 0 Å². The van der Waals surface area contributed by atoms with Gasteiger partial charge in [0.05, 0.1) is 17.9 Å². The van der Waals surface area contributed by atoms with Gasteiger partial charge in [-0.2, -0.15) is 0 Å². The molecule has 3 N–H and O–H groups in total. The monoisotopic (exact) mass is 348 g/mol. The number of aromatic nitrogens is 1. The quantitative estimate of drug-likeness (QED) is 0.877. The van der Waals surface area contributed by atoms with E-state index in [1.807, 2.05) is 26.0 Å². The fourth-order valence-electron chi connectivity index (χ4n) is 2.30. The van der Waals surface area contributed by atoms with Crippen molar-refractivity contribution < 1.29 is 4.79 Å². The lowest BCUT2D eigenvalue weighted by atomic mass is 10.1. The molecule has 0 aliphatic carbocycles. The van der Waals surface area contributed by atoms with Gasteiger partial charge in [-0.3, -0.25) is 4.79 Å². The SMILES string of the molecule is CC(C)[C@H](N)C(=O)Nc1ccc(N2CCCCC2)nc1.Cl.Cl. The Hall–Kier alpha value is -1.04. The van der Waals surface area contributed by atoms with Crippen molar-refractivity contribution in [2.45, 2.75) is 39.2 Å². The molecule has 0 radical (unpaired) electrons. The molecule has 126 valence electrons. The summed E-state index contributed by atoms with van der Waals surface area (Å²) in [5.41, 5.74) is 6.51. The van der Waals surface area contributed by atoms with Gasteiger partial charge in [-0.1, -0.05) is 13.8 Å². The first-order valence-corrected chi connectivity index (χ1v) is 7.35. The minimum atomic E-state index is -0.489. The van der Waals surface area contributed by atoms with Crippen LogP contribution in [0, 0.1) is 5.92 Å². The van der Waals surface area contributed by atoms with Crippen molar-refractivity contribution in [2.75, 3.05) is 23.3 Å². The zero-order chi connectivity index (χ0) is 14.5. The Bertz CT molecular complexity index is 447. The van der Waals surface area contributed by atoms with Crippen LogP contribution in [0.25, 0.3) is 0 Å². The van der Waals surface area contributed by atoms with E-state index in [-0.39, 0.29) is 36.6 Å². The van der Waals surface area contributed by atoms with E-state index < -0.39 is 6.04 Å². The first kappa shape index (κ1) is 21.0. The molecule has 1 aromatic rings. The number of rotatable bonds is 4. The van der Waals surface area contributed by atoms with Gasteiger partial charge in [-0.25, -0.2) is 4.98 Å². The Morgan fingerprint density at radius 1 is 1.23 bits per heavy atom. The van der Waals surface area contributed by atoms with Gasteiger partial charge in [0.25, 0.3) is 0 Å². The summed E-state index contributed by atoms with van der Waals surface area (Å²) in [6.45, 7) is 6.00. The Morgan fingerprint density at radius 2 is 1.86 bits per heavy atom. The van der Waals surface area contributed by atoms with E-state index in [2.05, 4.69) is 15.2 Å². The highest BCUT2D eigenvalue weighted by Gasteiger charge is 2.17. The van der Waals surface area contributed by atoms with Crippen molar-refractivity contribution in [3.8, 4) is 0 Å². The summed E-state index contributed by atoms with van der Waals surface area (Å²) in [5.74, 6) is 0.943. The van der Waals surface area contributed by atoms with Crippen LogP contribution in [0.3, 0.4) is 0 Å². The van der Waals surface area contributed by atoms with Gasteiger partial charge in [-0.15, -0.1) is 24.8 Å². The van der Waals surface area contributed by atoms with Crippen LogP contribution in [0.4, 0.5) is 11.5 Å². The van der Waals surface area contributed by atoms with Gasteiger partial charge in [0.1, 0.15) is 5.82 Å². The van der Waals surface area contributed by atoms with E-state index in [0.29, 0.717) is 5.69 Å². The van der Waals surface area contributed by atoms with Crippen LogP contribution < -0.4 is 16.0 Å². The summed E-state index contributed by atoms with van der Waals surface area (Å²) in [5, 5.41) is 2.81. The van der Waals surface area contributed by atoms with Crippen LogP contribution in [0.5, 0.6) is 0 Å². The van der Waals surface area contributed by atoms with Crippen LogP contribution in [-0.4, -0.2) is 30.0 Å². The lowest BCUT2D eigenvalue weighted by Crippen LogP contribution is -2.39. The number of nitrogens with one attached hydrogen (secondary N) is 1. The standard InChI is InChI=1S/C15H24N4O.2ClH/c1-11(2)14(16)15(20)18-12-6-7-13(17-10-12)19-8-4-3-5-9-19;;/h6-7,10-11,14H,3-5,8-9,16H2,1-2H3,(H,18,20);2*1H/t14-;;/m0../s1. The normalized spacial score (nSPS) is 15.5. The third kappa shape index (κ3) is 5.63. The highest BCUT2D eigenvalue weighted by molar-refractivity contribution is 5.94. The molecule has 5 nitrogen and oxygen atoms in total. The molecule has 1 aliphatic heterocycles. The van der Waals surface area contributed by atoms with Crippen molar-refractivity contribution in [2.24, 2.45) is 11.7 Å². The van der Waals surface area contributed by atoms with Crippen molar-refractivity contribution >= 4 is 42.2 Å². The number of carbonyl (C=O) groups is 1. The molecule has 1 aliphatic rings. The first-order valence-electron chi connectivity index (χ1n) is 7.35. The van der Waals surface area contributed by atoms with E-state index in [1.54, 1.807) is 6.20 Å². The number of anilines is 2. The largest absolute Gasteiger partial charge is 0.357 e. The average Bonchev–Trinajstić information content (AvgIpc) is 2.48. The number of piperidine rings is 1. The molecule has 0 bridgehead atoms. The maximum atomic E-state index is 11.9. The molecule has 0 spiro atoms. The van der Waals surface area contributed by atoms with Crippen LogP contribution in [-0.2, 0) is 4.79 Å². The van der Waals surface area contributed by atoms with Gasteiger partial charge in [0, 0.05) is 13.1 Å². The van der Waals surface area contributed by atoms with Gasteiger partial charge in [-0.05, 0) is 37.3 Å². The smallest absolute Gasteiger partial charge is 0.241 e. The molecule has 2 heterocycles. The van der Waals surface area contributed by atoms with E-state index >= 15 is 0 Å². The van der Waals surface area contributed by atoms with E-state index in [0.717, 1.165) is 18.9 Å². The second-order valence-electron chi connectivity index (χ2n) is 5.71. The summed E-state index contributed by atoms with van der Waals surface area (Å²) in [7, 11) is 0. The average molecular weight is 349 g/mol. The zero-order valence-corrected chi connectivity index (χ0v) is 14.8. The second kappa shape index (κ2) is 9.87. The van der Waals surface area contributed by atoms with Crippen LogP contribution in [0.2, 0.25) is 0 Å². The predicted molar refractivity (Wildman–Crippen MR) is 96.2 cm³/mol. The Kier molecular flexibility index (Phi) is 9.41. The van der Waals surface area contributed by atoms with Gasteiger partial charge >= 0.3 is 0 Å². The number of carbonyl (C=O) groups excluding carboxylic acids is 1. The Morgan fingerprint density at radius 3 is 2.36 bits per heavy atom. The molecule has 22 heavy (non-hydrogen) atoms. The van der Waals surface area contributed by atoms with E-state index in [1.165, 1.54) is 19.3 Å². The molecular weight excluding hydrogens is 323 g/mol. The Balaban J connectivity index is 0.00000220. The number of hydrogen-bond acceptors (Lipinski definition) is 4. The number of nitrogens with two attached hydrogens (primary N) is 1. The van der Waals surface area contributed by atoms with Crippen molar-refractivity contribution in [1.82, 2.24) is 4.98 Å². The lowest BCUT2D eigenvalue weighted by Gasteiger charge is -2.27. The maximum Gasteiger partial charge on any atom is 0.241 e. The zero-order valence-electron chi connectivity index (χ0n) is 13.1. The van der Waals surface area contributed by atoms with Gasteiger partial charge < -0.3 is 16.0 Å². The molecule has 1 fully saturated rings. The first-order chi connectivity index (χ1) is 9.58. The van der Waals surface area contributed by atoms with E-state index in [9.17, 15) is 4.79 Å².